The number of carbonyl (C=O) groups is 2. The minimum atomic E-state index is -4.27. The second-order valence-corrected chi connectivity index (χ2v) is 11.2. The van der Waals surface area contributed by atoms with Gasteiger partial charge in [-0.25, -0.2) is 13.5 Å². The van der Waals surface area contributed by atoms with Crippen LogP contribution in [0.5, 0.6) is 0 Å². The van der Waals surface area contributed by atoms with Gasteiger partial charge in [0.15, 0.2) is 11.6 Å². The fourth-order valence-electron chi connectivity index (χ4n) is 5.87. The van der Waals surface area contributed by atoms with Gasteiger partial charge in [0.05, 0.1) is 23.1 Å². The molecule has 2 amide bonds. The summed E-state index contributed by atoms with van der Waals surface area (Å²) in [6.07, 6.45) is -3.62. The minimum absolute atomic E-state index is 0.0420. The fourth-order valence-corrected chi connectivity index (χ4v) is 5.87. The zero-order chi connectivity index (χ0) is 28.1. The highest BCUT2D eigenvalue weighted by atomic mass is 19.4. The fraction of sp³-hybridized carbons (Fsp3) is 0.440. The standard InChI is InChI=1S/C25H23F5N6O3/c1-22(4-5-22)36-20(31)16(21(32)38)19(34-36)12-3-2-11(17(26)18(12)27)6-14(37)33-15-7-13(35-39-15)23-8-24(9-23,10-23)25(28,29)30/h2-3,7H,4-6,8-10,31H2,1H3,(H2,32,38)(H,33,37). The van der Waals surface area contributed by atoms with E-state index < -0.39 is 52.4 Å². The van der Waals surface area contributed by atoms with Crippen molar-refractivity contribution in [3.05, 3.63) is 46.7 Å². The van der Waals surface area contributed by atoms with E-state index in [0.717, 1.165) is 12.8 Å². The lowest BCUT2D eigenvalue weighted by Crippen LogP contribution is -2.70. The highest BCUT2D eigenvalue weighted by molar-refractivity contribution is 6.03. The molecular formula is C25H23F5N6O3. The number of halogens is 5. The molecule has 14 heteroatoms. The van der Waals surface area contributed by atoms with Gasteiger partial charge in [-0.2, -0.15) is 18.3 Å². The van der Waals surface area contributed by atoms with Gasteiger partial charge in [0.2, 0.25) is 11.8 Å². The molecule has 0 atom stereocenters. The third-order valence-corrected chi connectivity index (χ3v) is 8.37. The molecule has 2 aromatic heterocycles. The number of nitrogens with one attached hydrogen (secondary N) is 1. The van der Waals surface area contributed by atoms with Crippen molar-refractivity contribution in [2.24, 2.45) is 11.1 Å². The SMILES string of the molecule is CC1(n2nc(-c3ccc(CC(=O)Nc4cc(C56CC(C(F)(F)F)(C5)C6)no4)c(F)c3F)c(C(N)=O)c2N)CC1. The zero-order valence-corrected chi connectivity index (χ0v) is 20.6. The average Bonchev–Trinajstić information content (AvgIpc) is 3.18. The number of aromatic nitrogens is 3. The molecule has 0 aliphatic heterocycles. The number of nitrogen functional groups attached to an aromatic ring is 1. The van der Waals surface area contributed by atoms with E-state index in [4.69, 9.17) is 16.0 Å². The summed E-state index contributed by atoms with van der Waals surface area (Å²) >= 11 is 0. The maximum absolute atomic E-state index is 15.2. The first-order valence-corrected chi connectivity index (χ1v) is 12.2. The number of benzene rings is 1. The van der Waals surface area contributed by atoms with Crippen LogP contribution < -0.4 is 16.8 Å². The molecule has 3 aromatic rings. The largest absolute Gasteiger partial charge is 0.394 e. The summed E-state index contributed by atoms with van der Waals surface area (Å²) in [5, 5.41) is 10.4. The summed E-state index contributed by atoms with van der Waals surface area (Å²) in [4.78, 5) is 24.6. The number of amides is 2. The number of primary amides is 1. The molecule has 2 bridgehead atoms. The maximum Gasteiger partial charge on any atom is 0.394 e. The first-order valence-electron chi connectivity index (χ1n) is 12.2. The van der Waals surface area contributed by atoms with E-state index in [1.165, 1.54) is 22.9 Å². The van der Waals surface area contributed by atoms with E-state index in [0.29, 0.717) is 5.69 Å². The number of rotatable bonds is 7. The molecule has 4 aliphatic carbocycles. The van der Waals surface area contributed by atoms with Gasteiger partial charge in [-0.3, -0.25) is 14.9 Å². The smallest absolute Gasteiger partial charge is 0.383 e. The van der Waals surface area contributed by atoms with Gasteiger partial charge in [-0.15, -0.1) is 0 Å². The number of nitrogens with zero attached hydrogens (tertiary/aromatic N) is 3. The number of alkyl halides is 3. The van der Waals surface area contributed by atoms with Gasteiger partial charge in [-0.05, 0) is 45.1 Å². The Morgan fingerprint density at radius 3 is 2.41 bits per heavy atom. The summed E-state index contributed by atoms with van der Waals surface area (Å²) < 4.78 is 76.0. The van der Waals surface area contributed by atoms with E-state index in [9.17, 15) is 22.8 Å². The molecule has 0 unspecified atom stereocenters. The van der Waals surface area contributed by atoms with Crippen molar-refractivity contribution in [2.75, 3.05) is 11.1 Å². The highest BCUT2D eigenvalue weighted by Crippen LogP contribution is 2.78. The Kier molecular flexibility index (Phi) is 5.06. The van der Waals surface area contributed by atoms with Gasteiger partial charge >= 0.3 is 6.18 Å². The molecule has 0 spiro atoms. The van der Waals surface area contributed by atoms with Crippen molar-refractivity contribution in [3.8, 4) is 11.3 Å². The summed E-state index contributed by atoms with van der Waals surface area (Å²) in [5.41, 5.74) is 7.95. The predicted octanol–water partition coefficient (Wildman–Crippen LogP) is 4.17. The Bertz CT molecular complexity index is 1530. The second-order valence-electron chi connectivity index (χ2n) is 11.2. The highest BCUT2D eigenvalue weighted by Gasteiger charge is 2.79. The normalized spacial score (nSPS) is 24.6. The third-order valence-electron chi connectivity index (χ3n) is 8.37. The first kappa shape index (κ1) is 25.3. The van der Waals surface area contributed by atoms with Crippen molar-refractivity contribution in [1.82, 2.24) is 14.9 Å². The van der Waals surface area contributed by atoms with Gasteiger partial charge in [-0.1, -0.05) is 11.2 Å². The minimum Gasteiger partial charge on any atom is -0.383 e. The number of hydrogen-bond donors (Lipinski definition) is 3. The Morgan fingerprint density at radius 2 is 1.82 bits per heavy atom. The van der Waals surface area contributed by atoms with Crippen molar-refractivity contribution >= 4 is 23.5 Å². The topological polar surface area (TPSA) is 142 Å². The van der Waals surface area contributed by atoms with Gasteiger partial charge < -0.3 is 16.0 Å². The molecule has 4 fully saturated rings. The molecule has 0 saturated heterocycles. The molecule has 0 radical (unpaired) electrons. The zero-order valence-electron chi connectivity index (χ0n) is 20.6. The second kappa shape index (κ2) is 7.79. The van der Waals surface area contributed by atoms with Crippen molar-refractivity contribution in [1.29, 1.82) is 0 Å². The van der Waals surface area contributed by atoms with E-state index in [1.807, 2.05) is 6.92 Å². The van der Waals surface area contributed by atoms with Crippen LogP contribution in [0, 0.1) is 17.0 Å². The van der Waals surface area contributed by atoms with Crippen LogP contribution >= 0.6 is 0 Å². The van der Waals surface area contributed by atoms with Crippen LogP contribution in [0.4, 0.5) is 33.7 Å². The number of hydrogen-bond acceptors (Lipinski definition) is 6. The Hall–Kier alpha value is -3.97. The number of anilines is 2. The molecule has 206 valence electrons. The molecular weight excluding hydrogens is 527 g/mol. The number of carbonyl (C=O) groups excluding carboxylic acids is 2. The Labute approximate surface area is 217 Å². The lowest BCUT2D eigenvalue weighted by molar-refractivity contribution is -0.338. The monoisotopic (exact) mass is 550 g/mol. The van der Waals surface area contributed by atoms with Crippen LogP contribution in [0.15, 0.2) is 22.7 Å². The van der Waals surface area contributed by atoms with Crippen LogP contribution in [-0.4, -0.2) is 32.9 Å². The third kappa shape index (κ3) is 3.63. The molecule has 4 aliphatic rings. The lowest BCUT2D eigenvalue weighted by atomic mass is 9.34. The van der Waals surface area contributed by atoms with Crippen LogP contribution in [0.1, 0.15) is 60.6 Å². The van der Waals surface area contributed by atoms with E-state index in [1.54, 1.807) is 0 Å². The molecule has 9 nitrogen and oxygen atoms in total. The van der Waals surface area contributed by atoms with E-state index in [-0.39, 0.29) is 53.3 Å². The van der Waals surface area contributed by atoms with E-state index in [2.05, 4.69) is 15.6 Å². The van der Waals surface area contributed by atoms with Crippen molar-refractivity contribution in [2.45, 2.75) is 62.6 Å². The van der Waals surface area contributed by atoms with Crippen LogP contribution in [0.3, 0.4) is 0 Å². The van der Waals surface area contributed by atoms with Gasteiger partial charge in [0.25, 0.3) is 5.91 Å². The molecule has 4 saturated carbocycles. The van der Waals surface area contributed by atoms with Gasteiger partial charge in [0.1, 0.15) is 17.1 Å². The van der Waals surface area contributed by atoms with Gasteiger partial charge in [0, 0.05) is 22.6 Å². The number of nitrogens with two attached hydrogens (primary N) is 2. The van der Waals surface area contributed by atoms with Crippen LogP contribution in [0.25, 0.3) is 11.3 Å². The van der Waals surface area contributed by atoms with E-state index >= 15 is 8.78 Å². The summed E-state index contributed by atoms with van der Waals surface area (Å²) in [6.45, 7) is 1.86. The molecule has 2 heterocycles. The molecule has 5 N–H and O–H groups in total. The molecule has 39 heavy (non-hydrogen) atoms. The van der Waals surface area contributed by atoms with Crippen molar-refractivity contribution in [3.63, 3.8) is 0 Å². The molecule has 7 rings (SSSR count). The first-order chi connectivity index (χ1) is 18.2. The Morgan fingerprint density at radius 1 is 1.15 bits per heavy atom. The summed E-state index contributed by atoms with van der Waals surface area (Å²) in [6, 6.07) is 3.71. The quantitative estimate of drug-likeness (QED) is 0.377. The van der Waals surface area contributed by atoms with Crippen LogP contribution in [0.2, 0.25) is 0 Å². The average molecular weight is 550 g/mol. The predicted molar refractivity (Wildman–Crippen MR) is 126 cm³/mol. The van der Waals surface area contributed by atoms with Crippen LogP contribution in [-0.2, 0) is 22.2 Å². The lowest BCUT2D eigenvalue weighted by Gasteiger charge is -2.69. The maximum atomic E-state index is 15.2. The molecule has 1 aromatic carbocycles. The summed E-state index contributed by atoms with van der Waals surface area (Å²) in [5.74, 6) is -4.52. The Balaban J connectivity index is 1.18. The van der Waals surface area contributed by atoms with Crippen molar-refractivity contribution < 1.29 is 36.1 Å². The summed E-state index contributed by atoms with van der Waals surface area (Å²) in [7, 11) is 0.